The molecule has 2 aliphatic rings. The molecule has 1 aliphatic carbocycles. The fourth-order valence-electron chi connectivity index (χ4n) is 3.19. The van der Waals surface area contributed by atoms with Gasteiger partial charge in [-0.1, -0.05) is 0 Å². The molecule has 20 heavy (non-hydrogen) atoms. The number of amides is 1. The van der Waals surface area contributed by atoms with Crippen LogP contribution in [0.15, 0.2) is 6.07 Å². The number of nitrogens with zero attached hydrogens (tertiary/aromatic N) is 1. The lowest BCUT2D eigenvalue weighted by Gasteiger charge is -2.31. The number of carbonyl (C=O) groups is 1. The first-order valence-electron chi connectivity index (χ1n) is 7.63. The Bertz CT molecular complexity index is 455. The lowest BCUT2D eigenvalue weighted by Crippen LogP contribution is -3.15. The maximum atomic E-state index is 12.6. The van der Waals surface area contributed by atoms with Crippen LogP contribution in [0, 0.1) is 0 Å². The number of carbonyl (C=O) groups excluding carboxylic acids is 1. The molecule has 3 rings (SSSR count). The number of thiophene rings is 1. The molecule has 5 heteroatoms. The zero-order chi connectivity index (χ0) is 13.9. The molecule has 1 saturated heterocycles. The Morgan fingerprint density at radius 2 is 2.05 bits per heavy atom. The summed E-state index contributed by atoms with van der Waals surface area (Å²) in [5, 5.41) is 8.97. The smallest absolute Gasteiger partial charge is 0.264 e. The molecule has 2 heterocycles. The van der Waals surface area contributed by atoms with Crippen LogP contribution < -0.4 is 4.90 Å². The third kappa shape index (κ3) is 2.90. The summed E-state index contributed by atoms with van der Waals surface area (Å²) in [6, 6.07) is 2.13. The molecule has 1 amide bonds. The van der Waals surface area contributed by atoms with Gasteiger partial charge in [-0.2, -0.15) is 0 Å². The topological polar surface area (TPSA) is 45.0 Å². The normalized spacial score (nSPS) is 19.9. The molecule has 1 fully saturated rings. The Morgan fingerprint density at radius 3 is 2.75 bits per heavy atom. The fraction of sp³-hybridized carbons (Fsp3) is 0.667. The molecule has 0 saturated carbocycles. The molecule has 110 valence electrons. The van der Waals surface area contributed by atoms with E-state index < -0.39 is 0 Å². The second-order valence-electron chi connectivity index (χ2n) is 5.78. The van der Waals surface area contributed by atoms with Crippen molar-refractivity contribution in [3.63, 3.8) is 0 Å². The summed E-state index contributed by atoms with van der Waals surface area (Å²) in [6.45, 7) is 4.58. The van der Waals surface area contributed by atoms with E-state index in [4.69, 9.17) is 5.11 Å². The summed E-state index contributed by atoms with van der Waals surface area (Å²) < 4.78 is 0. The maximum absolute atomic E-state index is 12.6. The number of aliphatic hydroxyl groups excluding tert-OH is 1. The molecule has 2 N–H and O–H groups in total. The van der Waals surface area contributed by atoms with Gasteiger partial charge in [-0.05, 0) is 37.3 Å². The summed E-state index contributed by atoms with van der Waals surface area (Å²) >= 11 is 1.71. The van der Waals surface area contributed by atoms with Gasteiger partial charge in [-0.15, -0.1) is 11.3 Å². The SMILES string of the molecule is O=C(c1cc2c(s1)CCCC2)N1CC[NH+](CCO)CC1. The summed E-state index contributed by atoms with van der Waals surface area (Å²) in [5.74, 6) is 0.215. The van der Waals surface area contributed by atoms with E-state index >= 15 is 0 Å². The quantitative estimate of drug-likeness (QED) is 0.822. The van der Waals surface area contributed by atoms with Crippen molar-refractivity contribution in [3.8, 4) is 0 Å². The van der Waals surface area contributed by atoms with Crippen molar-refractivity contribution >= 4 is 17.2 Å². The van der Waals surface area contributed by atoms with Crippen molar-refractivity contribution in [1.82, 2.24) is 4.90 Å². The lowest BCUT2D eigenvalue weighted by atomic mass is 9.99. The van der Waals surface area contributed by atoms with E-state index in [1.165, 1.54) is 28.2 Å². The molecule has 0 aromatic carbocycles. The van der Waals surface area contributed by atoms with Gasteiger partial charge in [-0.3, -0.25) is 4.79 Å². The van der Waals surface area contributed by atoms with Crippen LogP contribution >= 0.6 is 11.3 Å². The number of nitrogens with one attached hydrogen (secondary N) is 1. The van der Waals surface area contributed by atoms with Crippen LogP contribution in [0.5, 0.6) is 0 Å². The largest absolute Gasteiger partial charge is 0.391 e. The van der Waals surface area contributed by atoms with Crippen molar-refractivity contribution in [2.24, 2.45) is 0 Å². The van der Waals surface area contributed by atoms with Crippen LogP contribution in [0.3, 0.4) is 0 Å². The van der Waals surface area contributed by atoms with Gasteiger partial charge in [0.05, 0.1) is 37.7 Å². The molecule has 1 aliphatic heterocycles. The molecule has 0 unspecified atom stereocenters. The average molecular weight is 295 g/mol. The third-order valence-corrected chi connectivity index (χ3v) is 5.66. The second-order valence-corrected chi connectivity index (χ2v) is 6.92. The van der Waals surface area contributed by atoms with Gasteiger partial charge in [0.25, 0.3) is 5.91 Å². The van der Waals surface area contributed by atoms with E-state index in [0.717, 1.165) is 50.4 Å². The highest BCUT2D eigenvalue weighted by Crippen LogP contribution is 2.30. The summed E-state index contributed by atoms with van der Waals surface area (Å²) in [5.41, 5.74) is 1.41. The highest BCUT2D eigenvalue weighted by atomic mass is 32.1. The van der Waals surface area contributed by atoms with Crippen molar-refractivity contribution in [1.29, 1.82) is 0 Å². The fourth-order valence-corrected chi connectivity index (χ4v) is 4.41. The van der Waals surface area contributed by atoms with Gasteiger partial charge in [0.1, 0.15) is 6.54 Å². The standard InChI is InChI=1S/C15H22N2O2S/c18-10-9-16-5-7-17(8-6-16)15(19)14-11-12-3-1-2-4-13(12)20-14/h11,18H,1-10H2/p+1. The highest BCUT2D eigenvalue weighted by Gasteiger charge is 2.26. The minimum Gasteiger partial charge on any atom is -0.391 e. The van der Waals surface area contributed by atoms with E-state index in [-0.39, 0.29) is 12.5 Å². The summed E-state index contributed by atoms with van der Waals surface area (Å²) in [7, 11) is 0. The van der Waals surface area contributed by atoms with E-state index in [1.54, 1.807) is 11.3 Å². The minimum absolute atomic E-state index is 0.215. The second kappa shape index (κ2) is 6.24. The molecular formula is C15H23N2O2S+. The van der Waals surface area contributed by atoms with E-state index in [2.05, 4.69) is 6.07 Å². The van der Waals surface area contributed by atoms with Crippen molar-refractivity contribution in [3.05, 3.63) is 21.4 Å². The van der Waals surface area contributed by atoms with Crippen LogP contribution in [0.2, 0.25) is 0 Å². The molecule has 0 radical (unpaired) electrons. The van der Waals surface area contributed by atoms with Gasteiger partial charge in [0.15, 0.2) is 0 Å². The predicted molar refractivity (Wildman–Crippen MR) is 79.5 cm³/mol. The number of fused-ring (bicyclic) bond motifs is 1. The van der Waals surface area contributed by atoms with Crippen molar-refractivity contribution < 1.29 is 14.8 Å². The third-order valence-electron chi connectivity index (χ3n) is 4.43. The van der Waals surface area contributed by atoms with E-state index in [9.17, 15) is 4.79 Å². The van der Waals surface area contributed by atoms with Gasteiger partial charge in [0, 0.05) is 4.88 Å². The minimum atomic E-state index is 0.215. The van der Waals surface area contributed by atoms with Gasteiger partial charge in [0.2, 0.25) is 0 Å². The first-order chi connectivity index (χ1) is 9.78. The zero-order valence-electron chi connectivity index (χ0n) is 11.9. The number of rotatable bonds is 3. The van der Waals surface area contributed by atoms with Gasteiger partial charge >= 0.3 is 0 Å². The number of hydrogen-bond acceptors (Lipinski definition) is 3. The van der Waals surface area contributed by atoms with Crippen LogP contribution in [0.1, 0.15) is 33.0 Å². The van der Waals surface area contributed by atoms with E-state index in [0.29, 0.717) is 0 Å². The molecule has 4 nitrogen and oxygen atoms in total. The van der Waals surface area contributed by atoms with Gasteiger partial charge < -0.3 is 14.9 Å². The predicted octanol–water partition coefficient (Wildman–Crippen LogP) is -0.0401. The average Bonchev–Trinajstić information content (AvgIpc) is 2.91. The molecule has 0 bridgehead atoms. The molecule has 0 atom stereocenters. The van der Waals surface area contributed by atoms with Crippen LogP contribution in [0.4, 0.5) is 0 Å². The Morgan fingerprint density at radius 1 is 1.30 bits per heavy atom. The summed E-state index contributed by atoms with van der Waals surface area (Å²) in [4.78, 5) is 18.3. The van der Waals surface area contributed by atoms with Crippen molar-refractivity contribution in [2.75, 3.05) is 39.3 Å². The van der Waals surface area contributed by atoms with Crippen LogP contribution in [-0.2, 0) is 12.8 Å². The highest BCUT2D eigenvalue weighted by molar-refractivity contribution is 7.14. The Kier molecular flexibility index (Phi) is 4.38. The Labute approximate surface area is 124 Å². The molecule has 1 aromatic rings. The first kappa shape index (κ1) is 14.0. The first-order valence-corrected chi connectivity index (χ1v) is 8.45. The summed E-state index contributed by atoms with van der Waals surface area (Å²) in [6.07, 6.45) is 4.83. The van der Waals surface area contributed by atoms with E-state index in [1.807, 2.05) is 4.90 Å². The number of quaternary nitrogens is 1. The lowest BCUT2D eigenvalue weighted by molar-refractivity contribution is -0.904. The number of aliphatic hydroxyl groups is 1. The molecular weight excluding hydrogens is 272 g/mol. The number of aryl methyl sites for hydroxylation is 2. The molecule has 1 aromatic heterocycles. The Balaban J connectivity index is 1.63. The van der Waals surface area contributed by atoms with Gasteiger partial charge in [-0.25, -0.2) is 0 Å². The van der Waals surface area contributed by atoms with Crippen LogP contribution in [-0.4, -0.2) is 55.2 Å². The monoisotopic (exact) mass is 295 g/mol. The number of piperazine rings is 1. The van der Waals surface area contributed by atoms with Crippen LogP contribution in [0.25, 0.3) is 0 Å². The Hall–Kier alpha value is -0.910. The maximum Gasteiger partial charge on any atom is 0.264 e. The number of hydrogen-bond donors (Lipinski definition) is 2. The van der Waals surface area contributed by atoms with Crippen molar-refractivity contribution in [2.45, 2.75) is 25.7 Å². The zero-order valence-corrected chi connectivity index (χ0v) is 12.7. The molecule has 0 spiro atoms.